The number of rotatable bonds is 7. The van der Waals surface area contributed by atoms with E-state index in [0.717, 1.165) is 0 Å². The first-order valence-corrected chi connectivity index (χ1v) is 6.82. The van der Waals surface area contributed by atoms with Gasteiger partial charge in [0.2, 0.25) is 0 Å². The number of hydrogen-bond donors (Lipinski definition) is 3. The van der Waals surface area contributed by atoms with Gasteiger partial charge in [0.05, 0.1) is 12.8 Å². The molecule has 0 aliphatic rings. The minimum atomic E-state index is -4.45. The topological polar surface area (TPSA) is 126 Å². The Bertz CT molecular complexity index is 618. The number of aromatic nitrogens is 2. The number of methoxy groups -OCH3 is 1. The molecule has 0 aliphatic carbocycles. The van der Waals surface area contributed by atoms with Gasteiger partial charge in [-0.3, -0.25) is 4.79 Å². The highest BCUT2D eigenvalue weighted by molar-refractivity contribution is 5.96. The molecule has 4 N–H and O–H groups in total. The number of hydrogen-bond acceptors (Lipinski definition) is 6. The summed E-state index contributed by atoms with van der Waals surface area (Å²) >= 11 is 0. The fourth-order valence-corrected chi connectivity index (χ4v) is 1.54. The van der Waals surface area contributed by atoms with Gasteiger partial charge in [-0.25, -0.2) is 15.0 Å². The molecule has 0 atom stereocenters. The summed E-state index contributed by atoms with van der Waals surface area (Å²) in [6.45, 7) is -1.41. The molecule has 8 nitrogen and oxygen atoms in total. The Balaban J connectivity index is 2.62. The molecule has 0 radical (unpaired) electrons. The Morgan fingerprint density at radius 1 is 1.46 bits per heavy atom. The molecule has 1 rings (SSSR count). The number of alkyl halides is 3. The minimum Gasteiger partial charge on any atom is -0.469 e. The number of halogens is 3. The van der Waals surface area contributed by atoms with Crippen LogP contribution in [0, 0.1) is 5.41 Å². The molecule has 0 saturated carbocycles. The van der Waals surface area contributed by atoms with E-state index >= 15 is 0 Å². The maximum atomic E-state index is 12.0. The summed E-state index contributed by atoms with van der Waals surface area (Å²) in [5.74, 6) is -0.642. The van der Waals surface area contributed by atoms with Crippen LogP contribution < -0.4 is 11.1 Å². The van der Waals surface area contributed by atoms with E-state index in [9.17, 15) is 18.0 Å². The molecule has 0 saturated heterocycles. The van der Waals surface area contributed by atoms with E-state index in [1.54, 1.807) is 0 Å². The van der Waals surface area contributed by atoms with Crippen LogP contribution >= 0.6 is 0 Å². The molecule has 0 spiro atoms. The quantitative estimate of drug-likeness (QED) is 0.390. The summed E-state index contributed by atoms with van der Waals surface area (Å²) in [5.41, 5.74) is 5.42. The number of carbonyl (C=O) groups is 1. The zero-order valence-electron chi connectivity index (χ0n) is 12.9. The summed E-state index contributed by atoms with van der Waals surface area (Å²) in [6.07, 6.45) is -2.33. The van der Waals surface area contributed by atoms with Crippen LogP contribution in [-0.2, 0) is 9.53 Å². The van der Waals surface area contributed by atoms with Crippen LogP contribution in [0.2, 0.25) is 0 Å². The van der Waals surface area contributed by atoms with Crippen molar-refractivity contribution in [3.63, 3.8) is 0 Å². The van der Waals surface area contributed by atoms with Gasteiger partial charge in [0.1, 0.15) is 12.4 Å². The molecule has 1 heterocycles. The van der Waals surface area contributed by atoms with Crippen molar-refractivity contribution in [2.24, 2.45) is 10.7 Å². The van der Waals surface area contributed by atoms with Crippen LogP contribution in [0.25, 0.3) is 0 Å². The van der Waals surface area contributed by atoms with Crippen molar-refractivity contribution < 1.29 is 22.7 Å². The smallest absolute Gasteiger partial charge is 0.408 e. The molecule has 0 fully saturated rings. The summed E-state index contributed by atoms with van der Waals surface area (Å²) in [6, 6.07) is 1.38. The summed E-state index contributed by atoms with van der Waals surface area (Å²) in [4.78, 5) is 22.0. The van der Waals surface area contributed by atoms with Gasteiger partial charge in [-0.15, -0.1) is 0 Å². The molecule has 11 heteroatoms. The van der Waals surface area contributed by atoms with E-state index in [1.165, 1.54) is 19.4 Å². The molecule has 132 valence electrons. The third-order valence-electron chi connectivity index (χ3n) is 2.65. The molecular weight excluding hydrogens is 329 g/mol. The van der Waals surface area contributed by atoms with E-state index < -0.39 is 18.7 Å². The highest BCUT2D eigenvalue weighted by Crippen LogP contribution is 2.14. The van der Waals surface area contributed by atoms with Crippen molar-refractivity contribution in [3.8, 4) is 0 Å². The van der Waals surface area contributed by atoms with Crippen molar-refractivity contribution in [1.82, 2.24) is 9.97 Å². The monoisotopic (exact) mass is 346 g/mol. The number of esters is 1. The Morgan fingerprint density at radius 3 is 2.79 bits per heavy atom. The average Bonchev–Trinajstić information content (AvgIpc) is 2.52. The first-order valence-electron chi connectivity index (χ1n) is 6.82. The lowest BCUT2D eigenvalue weighted by molar-refractivity contribution is -0.140. The molecule has 0 bridgehead atoms. The maximum absolute atomic E-state index is 12.0. The third-order valence-corrected chi connectivity index (χ3v) is 2.65. The lowest BCUT2D eigenvalue weighted by Crippen LogP contribution is -2.26. The van der Waals surface area contributed by atoms with Gasteiger partial charge in [0.25, 0.3) is 0 Å². The molecule has 0 aliphatic heterocycles. The zero-order chi connectivity index (χ0) is 18.2. The zero-order valence-corrected chi connectivity index (χ0v) is 12.9. The van der Waals surface area contributed by atoms with E-state index in [1.807, 2.05) is 0 Å². The van der Waals surface area contributed by atoms with Crippen LogP contribution in [0.3, 0.4) is 0 Å². The van der Waals surface area contributed by atoms with Gasteiger partial charge in [-0.05, 0) is 18.9 Å². The van der Waals surface area contributed by atoms with E-state index in [-0.39, 0.29) is 36.2 Å². The molecule has 0 amide bonds. The predicted molar refractivity (Wildman–Crippen MR) is 80.9 cm³/mol. The molecular formula is C13H17F3N6O2. The lowest BCUT2D eigenvalue weighted by atomic mass is 10.1. The fourth-order valence-electron chi connectivity index (χ4n) is 1.54. The number of ether oxygens (including phenoxy) is 1. The fraction of sp³-hybridized carbons (Fsp3) is 0.462. The maximum Gasteiger partial charge on any atom is 0.408 e. The number of nitrogens with one attached hydrogen (secondary N) is 2. The number of guanidine groups is 1. The highest BCUT2D eigenvalue weighted by atomic mass is 19.4. The van der Waals surface area contributed by atoms with Gasteiger partial charge < -0.3 is 21.2 Å². The number of carbonyl (C=O) groups excluding carboxylic acids is 1. The molecule has 0 aromatic carbocycles. The second kappa shape index (κ2) is 8.79. The normalized spacial score (nSPS) is 11.9. The minimum absolute atomic E-state index is 0.0772. The molecule has 1 aromatic rings. The third kappa shape index (κ3) is 7.51. The van der Waals surface area contributed by atoms with Crippen molar-refractivity contribution in [2.75, 3.05) is 19.0 Å². The van der Waals surface area contributed by atoms with Gasteiger partial charge in [0, 0.05) is 12.6 Å². The second-order valence-corrected chi connectivity index (χ2v) is 4.62. The number of aliphatic imine (C=N–C) groups is 1. The molecule has 1 aromatic heterocycles. The van der Waals surface area contributed by atoms with Crippen LogP contribution in [0.1, 0.15) is 25.1 Å². The number of nitrogens with zero attached hydrogens (tertiary/aromatic N) is 3. The van der Waals surface area contributed by atoms with Crippen LogP contribution in [0.5, 0.6) is 0 Å². The number of nitrogens with two attached hydrogens (primary N) is 1. The van der Waals surface area contributed by atoms with E-state index in [4.69, 9.17) is 11.1 Å². The highest BCUT2D eigenvalue weighted by Gasteiger charge is 2.26. The van der Waals surface area contributed by atoms with Crippen molar-refractivity contribution in [2.45, 2.75) is 25.4 Å². The van der Waals surface area contributed by atoms with Gasteiger partial charge in [0.15, 0.2) is 11.8 Å². The van der Waals surface area contributed by atoms with Gasteiger partial charge in [-0.2, -0.15) is 13.2 Å². The Kier molecular flexibility index (Phi) is 7.08. The molecule has 0 unspecified atom stereocenters. The van der Waals surface area contributed by atoms with Crippen molar-refractivity contribution in [3.05, 3.63) is 18.1 Å². The standard InChI is InChI=1S/C13H17F3N6O2/c1-24-10(23)4-2-3-8(17)11-19-6-5-9(21-11)22-12(18)20-7-13(14,15)16/h5-6,17H,2-4,7H2,1H3,(H3,18,19,20,21,22). The predicted octanol–water partition coefficient (Wildman–Crippen LogP) is 1.48. The number of anilines is 1. The van der Waals surface area contributed by atoms with Crippen LogP contribution in [0.15, 0.2) is 17.3 Å². The summed E-state index contributed by atoms with van der Waals surface area (Å²) < 4.78 is 40.6. The Hall–Kier alpha value is -2.72. The van der Waals surface area contributed by atoms with Crippen LogP contribution in [0.4, 0.5) is 19.0 Å². The first kappa shape index (κ1) is 19.3. The van der Waals surface area contributed by atoms with Crippen molar-refractivity contribution >= 4 is 23.5 Å². The van der Waals surface area contributed by atoms with Gasteiger partial charge >= 0.3 is 12.1 Å². The van der Waals surface area contributed by atoms with Crippen molar-refractivity contribution in [1.29, 1.82) is 5.41 Å². The second-order valence-electron chi connectivity index (χ2n) is 4.62. The van der Waals surface area contributed by atoms with E-state index in [2.05, 4.69) is 25.0 Å². The van der Waals surface area contributed by atoms with Gasteiger partial charge in [-0.1, -0.05) is 0 Å². The van der Waals surface area contributed by atoms with Crippen LogP contribution in [-0.4, -0.2) is 47.4 Å². The SMILES string of the molecule is COC(=O)CCCC(=N)c1nccc(NC(N)=NCC(F)(F)F)n1. The lowest BCUT2D eigenvalue weighted by Gasteiger charge is -2.08. The summed E-state index contributed by atoms with van der Waals surface area (Å²) in [5, 5.41) is 10.3. The largest absolute Gasteiger partial charge is 0.469 e. The molecule has 24 heavy (non-hydrogen) atoms. The summed E-state index contributed by atoms with van der Waals surface area (Å²) in [7, 11) is 1.27. The Morgan fingerprint density at radius 2 is 2.17 bits per heavy atom. The first-order chi connectivity index (χ1) is 11.2. The average molecular weight is 346 g/mol. The Labute approximate surface area is 135 Å². The van der Waals surface area contributed by atoms with E-state index in [0.29, 0.717) is 6.42 Å².